The number of nitrogens with one attached hydrogen (secondary N) is 1. The van der Waals surface area contributed by atoms with Crippen LogP contribution in [-0.4, -0.2) is 7.11 Å². The van der Waals surface area contributed by atoms with E-state index < -0.39 is 0 Å². The molecule has 1 aromatic carbocycles. The lowest BCUT2D eigenvalue weighted by atomic mass is 9.97. The molecule has 1 atom stereocenters. The molecule has 0 heterocycles. The molecule has 90 valence electrons. The van der Waals surface area contributed by atoms with Gasteiger partial charge < -0.3 is 4.74 Å². The Kier molecular flexibility index (Phi) is 5.06. The maximum atomic E-state index is 5.92. The Hall–Kier alpha value is -0.770. The van der Waals surface area contributed by atoms with Crippen molar-refractivity contribution < 1.29 is 4.74 Å². The molecule has 1 rings (SSSR count). The van der Waals surface area contributed by atoms with Crippen LogP contribution in [0.15, 0.2) is 18.2 Å². The van der Waals surface area contributed by atoms with Gasteiger partial charge in [-0.1, -0.05) is 31.5 Å². The van der Waals surface area contributed by atoms with Crippen LogP contribution in [-0.2, 0) is 0 Å². The molecule has 0 fully saturated rings. The Morgan fingerprint density at radius 2 is 2.12 bits per heavy atom. The molecule has 1 unspecified atom stereocenters. The van der Waals surface area contributed by atoms with E-state index in [9.17, 15) is 0 Å². The van der Waals surface area contributed by atoms with Crippen molar-refractivity contribution in [2.45, 2.75) is 26.3 Å². The van der Waals surface area contributed by atoms with Gasteiger partial charge >= 0.3 is 0 Å². The number of hydrogen-bond donors (Lipinski definition) is 2. The molecule has 0 amide bonds. The van der Waals surface area contributed by atoms with Crippen LogP contribution in [0.1, 0.15) is 31.9 Å². The summed E-state index contributed by atoms with van der Waals surface area (Å²) in [6, 6.07) is 5.70. The summed E-state index contributed by atoms with van der Waals surface area (Å²) in [5, 5.41) is 0.668. The lowest BCUT2D eigenvalue weighted by molar-refractivity contribution is 0.383. The number of hydrogen-bond acceptors (Lipinski definition) is 3. The van der Waals surface area contributed by atoms with Crippen LogP contribution in [0.4, 0.5) is 0 Å². The van der Waals surface area contributed by atoms with Gasteiger partial charge in [-0.05, 0) is 24.5 Å². The number of ether oxygens (including phenoxy) is 1. The van der Waals surface area contributed by atoms with Gasteiger partial charge in [0.2, 0.25) is 0 Å². The fraction of sp³-hybridized carbons (Fsp3) is 0.500. The van der Waals surface area contributed by atoms with E-state index in [1.807, 2.05) is 18.2 Å². The van der Waals surface area contributed by atoms with Gasteiger partial charge in [0.25, 0.3) is 0 Å². The van der Waals surface area contributed by atoms with E-state index in [0.29, 0.717) is 10.9 Å². The third-order valence-electron chi connectivity index (χ3n) is 2.48. The second-order valence-corrected chi connectivity index (χ2v) is 4.67. The topological polar surface area (TPSA) is 47.3 Å². The number of rotatable bonds is 5. The van der Waals surface area contributed by atoms with Crippen molar-refractivity contribution in [2.24, 2.45) is 11.8 Å². The Morgan fingerprint density at radius 1 is 1.44 bits per heavy atom. The summed E-state index contributed by atoms with van der Waals surface area (Å²) < 4.78 is 5.31. The number of halogens is 1. The van der Waals surface area contributed by atoms with Crippen molar-refractivity contribution in [3.8, 4) is 5.75 Å². The average molecular weight is 243 g/mol. The Labute approximate surface area is 102 Å². The van der Waals surface area contributed by atoms with Gasteiger partial charge in [-0.2, -0.15) is 0 Å². The highest BCUT2D eigenvalue weighted by Crippen LogP contribution is 2.31. The van der Waals surface area contributed by atoms with Crippen LogP contribution < -0.4 is 16.0 Å². The molecule has 0 spiro atoms. The minimum Gasteiger partial charge on any atom is -0.496 e. The minimum atomic E-state index is 0.0900. The molecule has 3 N–H and O–H groups in total. The third-order valence-corrected chi connectivity index (χ3v) is 2.71. The predicted octanol–water partition coefficient (Wildman–Crippen LogP) is 2.90. The van der Waals surface area contributed by atoms with Crippen LogP contribution in [0.5, 0.6) is 5.75 Å². The van der Waals surface area contributed by atoms with Gasteiger partial charge in [0.15, 0.2) is 0 Å². The van der Waals surface area contributed by atoms with Gasteiger partial charge in [0.1, 0.15) is 5.75 Å². The largest absolute Gasteiger partial charge is 0.496 e. The van der Waals surface area contributed by atoms with E-state index in [2.05, 4.69) is 19.3 Å². The minimum absolute atomic E-state index is 0.0900. The Morgan fingerprint density at radius 3 is 2.62 bits per heavy atom. The van der Waals surface area contributed by atoms with E-state index in [0.717, 1.165) is 17.7 Å². The van der Waals surface area contributed by atoms with Crippen molar-refractivity contribution in [1.82, 2.24) is 5.43 Å². The molecule has 0 radical (unpaired) electrons. The fourth-order valence-electron chi connectivity index (χ4n) is 1.73. The molecule has 1 aromatic rings. The zero-order valence-electron chi connectivity index (χ0n) is 9.96. The number of benzene rings is 1. The molecule has 16 heavy (non-hydrogen) atoms. The molecule has 0 aliphatic rings. The zero-order chi connectivity index (χ0) is 12.1. The zero-order valence-corrected chi connectivity index (χ0v) is 10.7. The molecule has 0 saturated carbocycles. The maximum Gasteiger partial charge on any atom is 0.125 e. The smallest absolute Gasteiger partial charge is 0.125 e. The van der Waals surface area contributed by atoms with Crippen LogP contribution in [0.3, 0.4) is 0 Å². The number of nitrogens with two attached hydrogens (primary N) is 1. The molecule has 3 nitrogen and oxygen atoms in total. The van der Waals surface area contributed by atoms with E-state index in [4.69, 9.17) is 22.2 Å². The summed E-state index contributed by atoms with van der Waals surface area (Å²) >= 11 is 5.92. The fourth-order valence-corrected chi connectivity index (χ4v) is 1.89. The van der Waals surface area contributed by atoms with Crippen molar-refractivity contribution in [3.63, 3.8) is 0 Å². The van der Waals surface area contributed by atoms with E-state index in [1.165, 1.54) is 0 Å². The van der Waals surface area contributed by atoms with Gasteiger partial charge in [-0.25, -0.2) is 0 Å². The number of hydrazine groups is 1. The van der Waals surface area contributed by atoms with Crippen LogP contribution in [0.25, 0.3) is 0 Å². The number of methoxy groups -OCH3 is 1. The van der Waals surface area contributed by atoms with Crippen molar-refractivity contribution in [2.75, 3.05) is 7.11 Å². The summed E-state index contributed by atoms with van der Waals surface area (Å²) in [4.78, 5) is 0. The third kappa shape index (κ3) is 3.37. The lowest BCUT2D eigenvalue weighted by Crippen LogP contribution is -2.29. The first-order chi connectivity index (χ1) is 7.58. The standard InChI is InChI=1S/C12H19ClN2O/c1-8(2)6-11(15-14)10-5-4-9(13)7-12(10)16-3/h4-5,7-8,11,15H,6,14H2,1-3H3. The van der Waals surface area contributed by atoms with Crippen molar-refractivity contribution in [3.05, 3.63) is 28.8 Å². The molecule has 0 saturated heterocycles. The molecular weight excluding hydrogens is 224 g/mol. The quantitative estimate of drug-likeness (QED) is 0.617. The van der Waals surface area contributed by atoms with Crippen LogP contribution in [0.2, 0.25) is 5.02 Å². The van der Waals surface area contributed by atoms with Crippen molar-refractivity contribution in [1.29, 1.82) is 0 Å². The Bertz CT molecular complexity index is 342. The lowest BCUT2D eigenvalue weighted by Gasteiger charge is -2.20. The monoisotopic (exact) mass is 242 g/mol. The first-order valence-electron chi connectivity index (χ1n) is 5.38. The molecule has 4 heteroatoms. The van der Waals surface area contributed by atoms with Gasteiger partial charge in [-0.15, -0.1) is 0 Å². The Balaban J connectivity index is 2.99. The van der Waals surface area contributed by atoms with Gasteiger partial charge in [0, 0.05) is 16.6 Å². The SMILES string of the molecule is COc1cc(Cl)ccc1C(CC(C)C)NN. The average Bonchev–Trinajstić information content (AvgIpc) is 2.25. The van der Waals surface area contributed by atoms with E-state index in [-0.39, 0.29) is 6.04 Å². The summed E-state index contributed by atoms with van der Waals surface area (Å²) in [5.74, 6) is 6.91. The second kappa shape index (κ2) is 6.09. The molecule has 0 aromatic heterocycles. The summed E-state index contributed by atoms with van der Waals surface area (Å²) in [5.41, 5.74) is 3.87. The van der Waals surface area contributed by atoms with Gasteiger partial charge in [0.05, 0.1) is 7.11 Å². The van der Waals surface area contributed by atoms with Crippen molar-refractivity contribution >= 4 is 11.6 Å². The molecule has 0 bridgehead atoms. The predicted molar refractivity (Wildman–Crippen MR) is 67.5 cm³/mol. The maximum absolute atomic E-state index is 5.92. The normalized spacial score (nSPS) is 12.9. The highest BCUT2D eigenvalue weighted by molar-refractivity contribution is 6.30. The molecule has 0 aliphatic heterocycles. The highest BCUT2D eigenvalue weighted by Gasteiger charge is 2.16. The first-order valence-corrected chi connectivity index (χ1v) is 5.75. The highest BCUT2D eigenvalue weighted by atomic mass is 35.5. The van der Waals surface area contributed by atoms with Crippen LogP contribution in [0, 0.1) is 5.92 Å². The second-order valence-electron chi connectivity index (χ2n) is 4.24. The molecular formula is C12H19ClN2O. The summed E-state index contributed by atoms with van der Waals surface area (Å²) in [7, 11) is 1.64. The van der Waals surface area contributed by atoms with E-state index in [1.54, 1.807) is 7.11 Å². The molecule has 0 aliphatic carbocycles. The van der Waals surface area contributed by atoms with Crippen LogP contribution >= 0.6 is 11.6 Å². The summed E-state index contributed by atoms with van der Waals surface area (Å²) in [6.07, 6.45) is 0.953. The first kappa shape index (κ1) is 13.3. The van der Waals surface area contributed by atoms with E-state index >= 15 is 0 Å². The summed E-state index contributed by atoms with van der Waals surface area (Å²) in [6.45, 7) is 4.32. The van der Waals surface area contributed by atoms with Gasteiger partial charge in [-0.3, -0.25) is 11.3 Å².